The molecule has 9 nitrogen and oxygen atoms in total. The molecular weight excluding hydrogens is 398 g/mol. The van der Waals surface area contributed by atoms with Gasteiger partial charge in [-0.2, -0.15) is 0 Å². The molecule has 4 amide bonds. The molecule has 1 fully saturated rings. The van der Waals surface area contributed by atoms with Gasteiger partial charge < -0.3 is 15.0 Å². The van der Waals surface area contributed by atoms with E-state index in [-0.39, 0.29) is 37.5 Å². The molecule has 1 atom stereocenters. The number of hydrazine groups is 1. The van der Waals surface area contributed by atoms with E-state index < -0.39 is 6.04 Å². The average molecular weight is 425 g/mol. The number of hydrogen-bond donors (Lipinski definition) is 2. The van der Waals surface area contributed by atoms with Crippen LogP contribution in [0.4, 0.5) is 4.79 Å². The average Bonchev–Trinajstić information content (AvgIpc) is 3.07. The van der Waals surface area contributed by atoms with Gasteiger partial charge in [-0.15, -0.1) is 6.58 Å². The number of morpholine rings is 1. The number of ether oxygens (including phenoxy) is 1. The molecule has 0 radical (unpaired) electrons. The van der Waals surface area contributed by atoms with Gasteiger partial charge in [0.25, 0.3) is 11.8 Å². The van der Waals surface area contributed by atoms with Crippen molar-refractivity contribution in [2.45, 2.75) is 13.0 Å². The third kappa shape index (κ3) is 4.33. The van der Waals surface area contributed by atoms with Crippen molar-refractivity contribution in [3.63, 3.8) is 0 Å². The lowest BCUT2D eigenvalue weighted by Gasteiger charge is -2.33. The number of hydrogen-bond acceptors (Lipinski definition) is 5. The van der Waals surface area contributed by atoms with Gasteiger partial charge in [0.2, 0.25) is 0 Å². The third-order valence-corrected chi connectivity index (χ3v) is 5.65. The number of rotatable bonds is 6. The molecule has 0 unspecified atom stereocenters. The number of aryl methyl sites for hydroxylation is 1. The maximum Gasteiger partial charge on any atom is 0.322 e. The Morgan fingerprint density at radius 2 is 1.97 bits per heavy atom. The Bertz CT molecular complexity index is 920. The van der Waals surface area contributed by atoms with Crippen molar-refractivity contribution < 1.29 is 19.1 Å². The van der Waals surface area contributed by atoms with Crippen LogP contribution >= 0.6 is 0 Å². The van der Waals surface area contributed by atoms with Crippen molar-refractivity contribution in [2.24, 2.45) is 0 Å². The van der Waals surface area contributed by atoms with E-state index in [4.69, 9.17) is 4.74 Å². The number of carbonyl (C=O) groups excluding carboxylic acids is 3. The summed E-state index contributed by atoms with van der Waals surface area (Å²) in [5, 5.41) is 4.74. The Morgan fingerprint density at radius 3 is 2.65 bits per heavy atom. The first-order valence-corrected chi connectivity index (χ1v) is 10.4. The molecule has 164 valence electrons. The Kier molecular flexibility index (Phi) is 6.06. The van der Waals surface area contributed by atoms with Crippen LogP contribution in [0.15, 0.2) is 48.2 Å². The Hall–Kier alpha value is -3.17. The Labute approximate surface area is 181 Å². The minimum absolute atomic E-state index is 0.0834. The van der Waals surface area contributed by atoms with Gasteiger partial charge >= 0.3 is 6.03 Å². The molecular formula is C22H27N5O4. The SMILES string of the molecule is C=CCN1C(=O)N[C@@H](c2ccc(C)cc2)C2=C1CN(CC(=O)NN1CCOCC1)C2=O. The minimum Gasteiger partial charge on any atom is -0.379 e. The van der Waals surface area contributed by atoms with E-state index in [9.17, 15) is 14.4 Å². The van der Waals surface area contributed by atoms with Crippen molar-refractivity contribution in [1.82, 2.24) is 25.6 Å². The third-order valence-electron chi connectivity index (χ3n) is 5.65. The van der Waals surface area contributed by atoms with E-state index in [1.165, 1.54) is 9.80 Å². The van der Waals surface area contributed by atoms with Crippen molar-refractivity contribution in [2.75, 3.05) is 45.9 Å². The van der Waals surface area contributed by atoms with Gasteiger partial charge in [0, 0.05) is 19.6 Å². The highest BCUT2D eigenvalue weighted by atomic mass is 16.5. The van der Waals surface area contributed by atoms with E-state index in [2.05, 4.69) is 17.3 Å². The number of nitrogens with zero attached hydrogens (tertiary/aromatic N) is 3. The fourth-order valence-corrected chi connectivity index (χ4v) is 4.07. The van der Waals surface area contributed by atoms with Crippen molar-refractivity contribution in [3.05, 3.63) is 59.3 Å². The molecule has 0 spiro atoms. The Balaban J connectivity index is 1.55. The maximum absolute atomic E-state index is 13.3. The molecule has 9 heteroatoms. The first-order valence-electron chi connectivity index (χ1n) is 10.4. The second kappa shape index (κ2) is 8.91. The molecule has 0 bridgehead atoms. The highest BCUT2D eigenvalue weighted by molar-refractivity contribution is 6.03. The molecule has 4 rings (SSSR count). The summed E-state index contributed by atoms with van der Waals surface area (Å²) in [6, 6.07) is 6.89. The predicted molar refractivity (Wildman–Crippen MR) is 113 cm³/mol. The monoisotopic (exact) mass is 425 g/mol. The summed E-state index contributed by atoms with van der Waals surface area (Å²) in [7, 11) is 0. The highest BCUT2D eigenvalue weighted by Gasteiger charge is 2.44. The predicted octanol–water partition coefficient (Wildman–Crippen LogP) is 0.707. The lowest BCUT2D eigenvalue weighted by molar-refractivity contribution is -0.135. The van der Waals surface area contributed by atoms with Crippen LogP contribution in [-0.4, -0.2) is 78.6 Å². The highest BCUT2D eigenvalue weighted by Crippen LogP contribution is 2.36. The zero-order chi connectivity index (χ0) is 22.0. The molecule has 0 aromatic heterocycles. The number of nitrogens with one attached hydrogen (secondary N) is 2. The van der Waals surface area contributed by atoms with E-state index in [0.717, 1.165) is 11.1 Å². The van der Waals surface area contributed by atoms with Gasteiger partial charge in [0.15, 0.2) is 0 Å². The zero-order valence-electron chi connectivity index (χ0n) is 17.6. The van der Waals surface area contributed by atoms with Crippen LogP contribution in [0.3, 0.4) is 0 Å². The number of carbonyl (C=O) groups is 3. The normalized spacial score (nSPS) is 21.8. The molecule has 31 heavy (non-hydrogen) atoms. The summed E-state index contributed by atoms with van der Waals surface area (Å²) < 4.78 is 5.29. The summed E-state index contributed by atoms with van der Waals surface area (Å²) in [5.41, 5.74) is 5.88. The van der Waals surface area contributed by atoms with E-state index >= 15 is 0 Å². The fraction of sp³-hybridized carbons (Fsp3) is 0.409. The first-order chi connectivity index (χ1) is 15.0. The molecule has 1 saturated heterocycles. The van der Waals surface area contributed by atoms with Crippen molar-refractivity contribution in [3.8, 4) is 0 Å². The van der Waals surface area contributed by atoms with Gasteiger partial charge in [0.1, 0.15) is 6.54 Å². The molecule has 2 N–H and O–H groups in total. The smallest absolute Gasteiger partial charge is 0.322 e. The summed E-state index contributed by atoms with van der Waals surface area (Å²) in [6.45, 7) is 8.43. The lowest BCUT2D eigenvalue weighted by Crippen LogP contribution is -2.51. The molecule has 3 aliphatic heterocycles. The van der Waals surface area contributed by atoms with Crippen LogP contribution in [0, 0.1) is 6.92 Å². The van der Waals surface area contributed by atoms with E-state index in [1.54, 1.807) is 11.1 Å². The molecule has 3 heterocycles. The first kappa shape index (κ1) is 21.1. The second-order valence-corrected chi connectivity index (χ2v) is 7.85. The quantitative estimate of drug-likeness (QED) is 0.655. The topological polar surface area (TPSA) is 94.2 Å². The molecule has 1 aromatic rings. The molecule has 0 aliphatic carbocycles. The van der Waals surface area contributed by atoms with Gasteiger partial charge in [-0.1, -0.05) is 35.9 Å². The van der Waals surface area contributed by atoms with Gasteiger partial charge in [-0.05, 0) is 12.5 Å². The summed E-state index contributed by atoms with van der Waals surface area (Å²) in [5.74, 6) is -0.511. The number of benzene rings is 1. The molecule has 3 aliphatic rings. The summed E-state index contributed by atoms with van der Waals surface area (Å²) in [6.07, 6.45) is 1.62. The van der Waals surface area contributed by atoms with Gasteiger partial charge in [-0.3, -0.25) is 19.9 Å². The van der Waals surface area contributed by atoms with Crippen LogP contribution in [0.25, 0.3) is 0 Å². The largest absolute Gasteiger partial charge is 0.379 e. The van der Waals surface area contributed by atoms with Crippen LogP contribution in [-0.2, 0) is 14.3 Å². The zero-order valence-corrected chi connectivity index (χ0v) is 17.6. The van der Waals surface area contributed by atoms with E-state index in [1.807, 2.05) is 31.2 Å². The van der Waals surface area contributed by atoms with E-state index in [0.29, 0.717) is 37.6 Å². The Morgan fingerprint density at radius 1 is 1.26 bits per heavy atom. The fourth-order valence-electron chi connectivity index (χ4n) is 4.07. The van der Waals surface area contributed by atoms with Crippen LogP contribution in [0.2, 0.25) is 0 Å². The lowest BCUT2D eigenvalue weighted by atomic mass is 9.95. The van der Waals surface area contributed by atoms with Crippen LogP contribution < -0.4 is 10.7 Å². The molecule has 0 saturated carbocycles. The van der Waals surface area contributed by atoms with Crippen LogP contribution in [0.1, 0.15) is 17.2 Å². The van der Waals surface area contributed by atoms with Gasteiger partial charge in [-0.25, -0.2) is 9.80 Å². The molecule has 1 aromatic carbocycles. The van der Waals surface area contributed by atoms with Crippen LogP contribution in [0.5, 0.6) is 0 Å². The number of urea groups is 1. The second-order valence-electron chi connectivity index (χ2n) is 7.85. The summed E-state index contributed by atoms with van der Waals surface area (Å²) >= 11 is 0. The maximum atomic E-state index is 13.3. The van der Waals surface area contributed by atoms with Crippen molar-refractivity contribution in [1.29, 1.82) is 0 Å². The summed E-state index contributed by atoms with van der Waals surface area (Å²) in [4.78, 5) is 41.7. The van der Waals surface area contributed by atoms with Gasteiger partial charge in [0.05, 0.1) is 37.1 Å². The standard InChI is InChI=1S/C22H27N5O4/c1-3-8-27-17-13-25(14-18(28)24-26-9-11-31-12-10-26)21(29)19(17)20(23-22(27)30)16-6-4-15(2)5-7-16/h3-7,20H,1,8-14H2,2H3,(H,23,30)(H,24,28)/t20-/m0/s1. The number of amides is 4. The van der Waals surface area contributed by atoms with Crippen molar-refractivity contribution >= 4 is 17.8 Å². The minimum atomic E-state index is -0.552.